The fourth-order valence-corrected chi connectivity index (χ4v) is 5.34. The van der Waals surface area contributed by atoms with Gasteiger partial charge in [-0.1, -0.05) is 84.4 Å². The number of hydrogen-bond acceptors (Lipinski definition) is 4. The minimum Gasteiger partial charge on any atom is -0.465 e. The number of hydrogen-bond donors (Lipinski definition) is 1. The van der Waals surface area contributed by atoms with Crippen molar-refractivity contribution in [1.29, 1.82) is 0 Å². The van der Waals surface area contributed by atoms with E-state index in [0.717, 1.165) is 34.9 Å². The molecular weight excluding hydrogens is 514 g/mol. The number of carboxylic acid groups (broad SMARTS) is 1. The SMILES string of the molecule is O=C(OCCc1ccc(C2C(OCc3ccc4ccccc4c3)CCCN2C(=O)O)cc1)c1ccccc1Cl. The lowest BCUT2D eigenvalue weighted by Gasteiger charge is -2.40. The number of piperidine rings is 1. The largest absolute Gasteiger partial charge is 0.465 e. The summed E-state index contributed by atoms with van der Waals surface area (Å²) in [4.78, 5) is 25.9. The molecule has 1 N–H and O–H groups in total. The number of ether oxygens (including phenoxy) is 2. The molecule has 39 heavy (non-hydrogen) atoms. The second kappa shape index (κ2) is 12.3. The average Bonchev–Trinajstić information content (AvgIpc) is 2.96. The second-order valence-corrected chi connectivity index (χ2v) is 10.1. The van der Waals surface area contributed by atoms with E-state index in [1.165, 1.54) is 10.3 Å². The molecule has 1 aliphatic rings. The zero-order chi connectivity index (χ0) is 27.2. The summed E-state index contributed by atoms with van der Waals surface area (Å²) in [5, 5.41) is 12.6. The van der Waals surface area contributed by atoms with Crippen LogP contribution >= 0.6 is 11.6 Å². The normalized spacial score (nSPS) is 17.2. The minimum absolute atomic E-state index is 0.214. The highest BCUT2D eigenvalue weighted by Gasteiger charge is 2.36. The van der Waals surface area contributed by atoms with Crippen molar-refractivity contribution in [2.75, 3.05) is 13.2 Å². The molecule has 1 aliphatic heterocycles. The van der Waals surface area contributed by atoms with Crippen LogP contribution in [0.1, 0.15) is 45.9 Å². The molecule has 2 atom stereocenters. The molecule has 6 nitrogen and oxygen atoms in total. The third-order valence-electron chi connectivity index (χ3n) is 7.14. The third-order valence-corrected chi connectivity index (χ3v) is 7.47. The van der Waals surface area contributed by atoms with E-state index in [4.69, 9.17) is 21.1 Å². The maximum absolute atomic E-state index is 12.3. The number of carbonyl (C=O) groups is 2. The van der Waals surface area contributed by atoms with Crippen LogP contribution < -0.4 is 0 Å². The maximum atomic E-state index is 12.3. The predicted octanol–water partition coefficient (Wildman–Crippen LogP) is 7.29. The lowest BCUT2D eigenvalue weighted by atomic mass is 9.91. The van der Waals surface area contributed by atoms with Gasteiger partial charge in [0.15, 0.2) is 0 Å². The van der Waals surface area contributed by atoms with Crippen molar-refractivity contribution < 1.29 is 24.2 Å². The number of halogens is 1. The van der Waals surface area contributed by atoms with Gasteiger partial charge in [-0.3, -0.25) is 4.90 Å². The van der Waals surface area contributed by atoms with Crippen LogP contribution in [0, 0.1) is 0 Å². The molecule has 7 heteroatoms. The van der Waals surface area contributed by atoms with Gasteiger partial charge < -0.3 is 14.6 Å². The lowest BCUT2D eigenvalue weighted by Crippen LogP contribution is -2.45. The molecule has 200 valence electrons. The zero-order valence-corrected chi connectivity index (χ0v) is 22.2. The molecule has 1 fully saturated rings. The van der Waals surface area contributed by atoms with Gasteiger partial charge in [0.05, 0.1) is 35.9 Å². The lowest BCUT2D eigenvalue weighted by molar-refractivity contribution is -0.0451. The highest BCUT2D eigenvalue weighted by Crippen LogP contribution is 2.34. The number of likely N-dealkylation sites (tertiary alicyclic amines) is 1. The number of benzene rings is 4. The van der Waals surface area contributed by atoms with Crippen LogP contribution in [0.25, 0.3) is 10.8 Å². The molecular formula is C32H30ClNO5. The smallest absolute Gasteiger partial charge is 0.407 e. The van der Waals surface area contributed by atoms with E-state index >= 15 is 0 Å². The van der Waals surface area contributed by atoms with Crippen LogP contribution in [-0.4, -0.2) is 41.3 Å². The Morgan fingerprint density at radius 2 is 1.62 bits per heavy atom. The first kappa shape index (κ1) is 26.7. The molecule has 2 unspecified atom stereocenters. The number of rotatable bonds is 8. The summed E-state index contributed by atoms with van der Waals surface area (Å²) in [6.45, 7) is 1.09. The standard InChI is InChI=1S/C32H30ClNO5/c33-28-9-4-3-8-27(28)31(35)38-19-17-22-11-15-25(16-12-22)30-29(10-5-18-34(30)32(36)37)39-21-23-13-14-24-6-1-2-7-26(24)20-23/h1-4,6-9,11-16,20,29-30H,5,10,17-19,21H2,(H,36,37). The van der Waals surface area contributed by atoms with E-state index in [9.17, 15) is 14.7 Å². The van der Waals surface area contributed by atoms with E-state index in [1.54, 1.807) is 24.3 Å². The molecule has 5 rings (SSSR count). The van der Waals surface area contributed by atoms with Crippen molar-refractivity contribution >= 4 is 34.4 Å². The summed E-state index contributed by atoms with van der Waals surface area (Å²) in [5.74, 6) is -0.456. The predicted molar refractivity (Wildman–Crippen MR) is 151 cm³/mol. The number of fused-ring (bicyclic) bond motifs is 1. The van der Waals surface area contributed by atoms with Crippen molar-refractivity contribution in [2.24, 2.45) is 0 Å². The van der Waals surface area contributed by atoms with Crippen LogP contribution in [0.2, 0.25) is 5.02 Å². The van der Waals surface area contributed by atoms with Gasteiger partial charge in [0.25, 0.3) is 0 Å². The quantitative estimate of drug-likeness (QED) is 0.236. The molecule has 1 saturated heterocycles. The highest BCUT2D eigenvalue weighted by molar-refractivity contribution is 6.33. The highest BCUT2D eigenvalue weighted by atomic mass is 35.5. The molecule has 1 heterocycles. The van der Waals surface area contributed by atoms with E-state index in [-0.39, 0.29) is 12.7 Å². The first-order valence-electron chi connectivity index (χ1n) is 13.1. The Labute approximate surface area is 232 Å². The first-order chi connectivity index (χ1) is 19.0. The van der Waals surface area contributed by atoms with Gasteiger partial charge in [-0.05, 0) is 58.5 Å². The van der Waals surface area contributed by atoms with Crippen LogP contribution in [-0.2, 0) is 22.5 Å². The van der Waals surface area contributed by atoms with Crippen molar-refractivity contribution in [3.8, 4) is 0 Å². The number of carbonyl (C=O) groups excluding carboxylic acids is 1. The summed E-state index contributed by atoms with van der Waals surface area (Å²) >= 11 is 6.08. The van der Waals surface area contributed by atoms with Crippen molar-refractivity contribution in [3.63, 3.8) is 0 Å². The molecule has 1 amide bonds. The van der Waals surface area contributed by atoms with E-state index in [0.29, 0.717) is 30.2 Å². The number of nitrogens with zero attached hydrogens (tertiary/aromatic N) is 1. The first-order valence-corrected chi connectivity index (χ1v) is 13.5. The Kier molecular flexibility index (Phi) is 8.45. The Bertz CT molecular complexity index is 1450. The average molecular weight is 544 g/mol. The molecule has 0 radical (unpaired) electrons. The van der Waals surface area contributed by atoms with Gasteiger partial charge in [-0.15, -0.1) is 0 Å². The Hall–Kier alpha value is -3.87. The van der Waals surface area contributed by atoms with Gasteiger partial charge in [0, 0.05) is 13.0 Å². The second-order valence-electron chi connectivity index (χ2n) is 9.70. The van der Waals surface area contributed by atoms with Gasteiger partial charge in [-0.2, -0.15) is 0 Å². The summed E-state index contributed by atoms with van der Waals surface area (Å²) < 4.78 is 11.8. The molecule has 0 bridgehead atoms. The summed E-state index contributed by atoms with van der Waals surface area (Å²) in [6.07, 6.45) is 0.853. The van der Waals surface area contributed by atoms with Crippen molar-refractivity contribution in [3.05, 3.63) is 118 Å². The van der Waals surface area contributed by atoms with Crippen molar-refractivity contribution in [1.82, 2.24) is 4.90 Å². The van der Waals surface area contributed by atoms with E-state index < -0.39 is 18.1 Å². The van der Waals surface area contributed by atoms with Crippen molar-refractivity contribution in [2.45, 2.75) is 38.0 Å². The van der Waals surface area contributed by atoms with Crippen LogP contribution in [0.15, 0.2) is 91.0 Å². The minimum atomic E-state index is -0.949. The van der Waals surface area contributed by atoms with Crippen LogP contribution in [0.4, 0.5) is 4.79 Å². The summed E-state index contributed by atoms with van der Waals surface area (Å²) in [5.41, 5.74) is 3.27. The van der Waals surface area contributed by atoms with Gasteiger partial charge in [0.1, 0.15) is 0 Å². The molecule has 4 aromatic rings. The van der Waals surface area contributed by atoms with Crippen LogP contribution in [0.3, 0.4) is 0 Å². The molecule has 0 aromatic heterocycles. The van der Waals surface area contributed by atoms with Crippen LogP contribution in [0.5, 0.6) is 0 Å². The van der Waals surface area contributed by atoms with Gasteiger partial charge in [0.2, 0.25) is 0 Å². The number of esters is 1. The summed E-state index contributed by atoms with van der Waals surface area (Å²) in [7, 11) is 0. The molecule has 0 saturated carbocycles. The third kappa shape index (κ3) is 6.41. The maximum Gasteiger partial charge on any atom is 0.407 e. The molecule has 4 aromatic carbocycles. The Morgan fingerprint density at radius 1 is 0.897 bits per heavy atom. The van der Waals surface area contributed by atoms with E-state index in [1.807, 2.05) is 36.4 Å². The fourth-order valence-electron chi connectivity index (χ4n) is 5.12. The topological polar surface area (TPSA) is 76.1 Å². The van der Waals surface area contributed by atoms with Gasteiger partial charge in [-0.25, -0.2) is 9.59 Å². The Balaban J connectivity index is 1.24. The molecule has 0 spiro atoms. The zero-order valence-electron chi connectivity index (χ0n) is 21.5. The molecule has 0 aliphatic carbocycles. The monoisotopic (exact) mass is 543 g/mol. The fraction of sp³-hybridized carbons (Fsp3) is 0.250. The van der Waals surface area contributed by atoms with Gasteiger partial charge >= 0.3 is 12.1 Å². The summed E-state index contributed by atoms with van der Waals surface area (Å²) in [6, 6.07) is 28.6. The number of amides is 1. The van der Waals surface area contributed by atoms with E-state index in [2.05, 4.69) is 30.3 Å². The Morgan fingerprint density at radius 3 is 2.38 bits per heavy atom.